The van der Waals surface area contributed by atoms with Crippen molar-refractivity contribution in [2.45, 2.75) is 24.9 Å². The van der Waals surface area contributed by atoms with Gasteiger partial charge in [0, 0.05) is 33.3 Å². The molecule has 0 bridgehead atoms. The van der Waals surface area contributed by atoms with Crippen molar-refractivity contribution in [3.63, 3.8) is 0 Å². The first kappa shape index (κ1) is 18.9. The first-order chi connectivity index (χ1) is 12.7. The maximum absolute atomic E-state index is 12.9. The zero-order valence-electron chi connectivity index (χ0n) is 14.7. The van der Waals surface area contributed by atoms with E-state index in [-0.39, 0.29) is 11.6 Å². The van der Waals surface area contributed by atoms with Crippen LogP contribution in [-0.2, 0) is 6.18 Å². The normalized spacial score (nSPS) is 17.8. The van der Waals surface area contributed by atoms with Crippen LogP contribution >= 0.6 is 0 Å². The van der Waals surface area contributed by atoms with E-state index in [1.54, 1.807) is 23.9 Å². The molecule has 1 fully saturated rings. The lowest BCUT2D eigenvalue weighted by Gasteiger charge is -2.32. The number of anilines is 2. The number of rotatable bonds is 4. The van der Waals surface area contributed by atoms with E-state index in [0.717, 1.165) is 18.6 Å². The van der Waals surface area contributed by atoms with Crippen molar-refractivity contribution in [3.8, 4) is 0 Å². The van der Waals surface area contributed by atoms with Gasteiger partial charge in [-0.25, -0.2) is 0 Å². The highest BCUT2D eigenvalue weighted by Crippen LogP contribution is 2.38. The average molecular weight is 385 g/mol. The Labute approximate surface area is 152 Å². The fraction of sp³-hybridized carbons (Fsp3) is 0.500. The molecule has 1 unspecified atom stereocenters. The largest absolute Gasteiger partial charge is 0.416 e. The Morgan fingerprint density at radius 2 is 2.11 bits per heavy atom. The number of nitro groups is 1. The van der Waals surface area contributed by atoms with Gasteiger partial charge in [0.15, 0.2) is 0 Å². The monoisotopic (exact) mass is 385 g/mol. The molecule has 8 nitrogen and oxygen atoms in total. The predicted octanol–water partition coefficient (Wildman–Crippen LogP) is 3.45. The highest BCUT2D eigenvalue weighted by atomic mass is 19.4. The van der Waals surface area contributed by atoms with Crippen LogP contribution in [0.2, 0.25) is 0 Å². The van der Waals surface area contributed by atoms with Crippen LogP contribution in [0.25, 0.3) is 0 Å². The van der Waals surface area contributed by atoms with Gasteiger partial charge in [0.1, 0.15) is 5.69 Å². The number of hydrogen-bond donors (Lipinski definition) is 0. The minimum atomic E-state index is -4.64. The first-order valence-electron chi connectivity index (χ1n) is 8.28. The van der Waals surface area contributed by atoms with Crippen LogP contribution in [0, 0.1) is 10.1 Å². The molecule has 2 aromatic rings. The van der Waals surface area contributed by atoms with Crippen LogP contribution in [-0.4, -0.2) is 42.2 Å². The molecule has 146 valence electrons. The van der Waals surface area contributed by atoms with E-state index in [2.05, 4.69) is 10.1 Å². The van der Waals surface area contributed by atoms with Gasteiger partial charge < -0.3 is 14.3 Å². The van der Waals surface area contributed by atoms with E-state index in [9.17, 15) is 23.3 Å². The smallest absolute Gasteiger partial charge is 0.365 e. The van der Waals surface area contributed by atoms with Crippen molar-refractivity contribution in [1.29, 1.82) is 0 Å². The van der Waals surface area contributed by atoms with Crippen LogP contribution in [0.15, 0.2) is 22.7 Å². The van der Waals surface area contributed by atoms with Gasteiger partial charge in [-0.3, -0.25) is 10.1 Å². The van der Waals surface area contributed by atoms with Crippen LogP contribution in [0.1, 0.15) is 30.2 Å². The molecule has 0 saturated carbocycles. The number of hydrogen-bond acceptors (Lipinski definition) is 7. The number of aromatic nitrogens is 2. The molecule has 27 heavy (non-hydrogen) atoms. The topological polar surface area (TPSA) is 88.5 Å². The van der Waals surface area contributed by atoms with Crippen LogP contribution in [0.3, 0.4) is 0 Å². The van der Waals surface area contributed by atoms with Crippen LogP contribution in [0.5, 0.6) is 0 Å². The van der Waals surface area contributed by atoms with E-state index < -0.39 is 22.4 Å². The van der Waals surface area contributed by atoms with E-state index >= 15 is 0 Å². The summed E-state index contributed by atoms with van der Waals surface area (Å²) in [5, 5.41) is 15.2. The lowest BCUT2D eigenvalue weighted by atomic mass is 9.97. The number of alkyl halides is 3. The van der Waals surface area contributed by atoms with Crippen LogP contribution < -0.4 is 9.80 Å². The van der Waals surface area contributed by atoms with E-state index in [1.807, 2.05) is 0 Å². The van der Waals surface area contributed by atoms with Gasteiger partial charge in [0.2, 0.25) is 5.89 Å². The first-order valence-corrected chi connectivity index (χ1v) is 8.28. The fourth-order valence-corrected chi connectivity index (χ4v) is 3.09. The third-order valence-corrected chi connectivity index (χ3v) is 4.44. The van der Waals surface area contributed by atoms with E-state index in [4.69, 9.17) is 4.52 Å². The summed E-state index contributed by atoms with van der Waals surface area (Å²) in [6.07, 6.45) is -3.19. The maximum Gasteiger partial charge on any atom is 0.416 e. The van der Waals surface area contributed by atoms with Gasteiger partial charge in [-0.2, -0.15) is 18.2 Å². The summed E-state index contributed by atoms with van der Waals surface area (Å²) in [5.74, 6) is 0.683. The number of piperidine rings is 1. The van der Waals surface area contributed by atoms with Crippen molar-refractivity contribution in [3.05, 3.63) is 39.8 Å². The SMILES string of the molecule is CN(C)c1noc(C2CCCN(c3ccc(C(F)(F)F)cc3[N+](=O)[O-])C2)n1. The second-order valence-electron chi connectivity index (χ2n) is 6.57. The summed E-state index contributed by atoms with van der Waals surface area (Å²) in [7, 11) is 3.54. The fourth-order valence-electron chi connectivity index (χ4n) is 3.09. The van der Waals surface area contributed by atoms with E-state index in [0.29, 0.717) is 37.4 Å². The summed E-state index contributed by atoms with van der Waals surface area (Å²) < 4.78 is 43.9. The van der Waals surface area contributed by atoms with Gasteiger partial charge in [0.25, 0.3) is 11.6 Å². The third-order valence-electron chi connectivity index (χ3n) is 4.44. The summed E-state index contributed by atoms with van der Waals surface area (Å²) in [5.41, 5.74) is -1.45. The van der Waals surface area contributed by atoms with Crippen molar-refractivity contribution in [1.82, 2.24) is 10.1 Å². The standard InChI is InChI=1S/C16H18F3N5O3/c1-22(2)15-20-14(27-21-15)10-4-3-7-23(9-10)12-6-5-11(16(17,18)19)8-13(12)24(25)26/h5-6,8,10H,3-4,7,9H2,1-2H3. The summed E-state index contributed by atoms with van der Waals surface area (Å²) in [4.78, 5) is 18.2. The molecule has 0 N–H and O–H groups in total. The number of nitrogens with zero attached hydrogens (tertiary/aromatic N) is 5. The molecule has 3 rings (SSSR count). The predicted molar refractivity (Wildman–Crippen MR) is 90.9 cm³/mol. The minimum Gasteiger partial charge on any atom is -0.365 e. The van der Waals surface area contributed by atoms with Crippen molar-refractivity contribution in [2.75, 3.05) is 37.0 Å². The Hall–Kier alpha value is -2.85. The molecule has 1 aliphatic heterocycles. The Morgan fingerprint density at radius 1 is 1.37 bits per heavy atom. The van der Waals surface area contributed by atoms with Gasteiger partial charge in [-0.05, 0) is 30.1 Å². The molecule has 1 aromatic heterocycles. The molecule has 0 aliphatic carbocycles. The molecule has 0 radical (unpaired) electrons. The molecule has 0 amide bonds. The Balaban J connectivity index is 1.88. The highest BCUT2D eigenvalue weighted by molar-refractivity contribution is 5.65. The quantitative estimate of drug-likeness (QED) is 0.588. The molecule has 1 saturated heterocycles. The molecular weight excluding hydrogens is 367 g/mol. The second-order valence-corrected chi connectivity index (χ2v) is 6.57. The second kappa shape index (κ2) is 7.05. The lowest BCUT2D eigenvalue weighted by molar-refractivity contribution is -0.384. The number of benzene rings is 1. The molecule has 1 aliphatic rings. The number of nitro benzene ring substituents is 1. The molecule has 1 aromatic carbocycles. The zero-order chi connectivity index (χ0) is 19.8. The summed E-state index contributed by atoms with van der Waals surface area (Å²) in [6.45, 7) is 0.846. The zero-order valence-corrected chi connectivity index (χ0v) is 14.7. The Bertz CT molecular complexity index is 837. The molecule has 11 heteroatoms. The summed E-state index contributed by atoms with van der Waals surface area (Å²) >= 11 is 0. The third kappa shape index (κ3) is 3.96. The van der Waals surface area contributed by atoms with E-state index in [1.165, 1.54) is 0 Å². The highest BCUT2D eigenvalue weighted by Gasteiger charge is 2.35. The number of halogens is 3. The lowest BCUT2D eigenvalue weighted by Crippen LogP contribution is -2.35. The average Bonchev–Trinajstić information content (AvgIpc) is 3.11. The van der Waals surface area contributed by atoms with Gasteiger partial charge in [-0.15, -0.1) is 0 Å². The maximum atomic E-state index is 12.9. The minimum absolute atomic E-state index is 0.151. The van der Waals surface area contributed by atoms with Crippen LogP contribution in [0.4, 0.5) is 30.5 Å². The van der Waals surface area contributed by atoms with Gasteiger partial charge in [0.05, 0.1) is 16.4 Å². The van der Waals surface area contributed by atoms with Gasteiger partial charge >= 0.3 is 6.18 Å². The molecule has 2 heterocycles. The van der Waals surface area contributed by atoms with Crippen molar-refractivity contribution >= 4 is 17.3 Å². The van der Waals surface area contributed by atoms with Crippen molar-refractivity contribution < 1.29 is 22.6 Å². The molecule has 0 spiro atoms. The summed E-state index contributed by atoms with van der Waals surface area (Å²) in [6, 6.07) is 2.60. The Kier molecular flexibility index (Phi) is 4.94. The van der Waals surface area contributed by atoms with Crippen molar-refractivity contribution in [2.24, 2.45) is 0 Å². The molecule has 1 atom stereocenters. The molecular formula is C16H18F3N5O3. The Morgan fingerprint density at radius 3 is 2.70 bits per heavy atom. The van der Waals surface area contributed by atoms with Gasteiger partial charge in [-0.1, -0.05) is 0 Å².